The molecule has 0 aromatic heterocycles. The smallest absolute Gasteiger partial charge is 0.109 e. The summed E-state index contributed by atoms with van der Waals surface area (Å²) in [6.45, 7) is 7.34. The molecule has 14 heavy (non-hydrogen) atoms. The summed E-state index contributed by atoms with van der Waals surface area (Å²) in [5.41, 5.74) is 5.53. The van der Waals surface area contributed by atoms with Gasteiger partial charge < -0.3 is 10.5 Å². The largest absolute Gasteiger partial charge is 0.381 e. The van der Waals surface area contributed by atoms with Gasteiger partial charge in [-0.3, -0.25) is 0 Å². The van der Waals surface area contributed by atoms with Gasteiger partial charge in [0, 0.05) is 6.00 Å². The predicted octanol–water partition coefficient (Wildman–Crippen LogP) is 1.67. The average Bonchev–Trinajstić information content (AvgIpc) is 2.41. The summed E-state index contributed by atoms with van der Waals surface area (Å²) in [6.07, 6.45) is 3.10. The van der Waals surface area contributed by atoms with E-state index in [-0.39, 0.29) is 11.6 Å². The molecule has 0 aliphatic carbocycles. The molecule has 2 nitrogen and oxygen atoms in total. The second kappa shape index (κ2) is 4.67. The summed E-state index contributed by atoms with van der Waals surface area (Å²) in [7, 11) is 5.94. The van der Waals surface area contributed by atoms with Gasteiger partial charge in [0.15, 0.2) is 0 Å². The lowest BCUT2D eigenvalue weighted by atomic mass is 9.75. The maximum Gasteiger partial charge on any atom is 0.109 e. The normalized spacial score (nSPS) is 43.0. The van der Waals surface area contributed by atoms with Crippen molar-refractivity contribution in [3.8, 4) is 0 Å². The van der Waals surface area contributed by atoms with E-state index in [1.807, 2.05) is 0 Å². The van der Waals surface area contributed by atoms with Crippen molar-refractivity contribution < 1.29 is 4.74 Å². The monoisotopic (exact) mass is 195 g/mol. The zero-order valence-electron chi connectivity index (χ0n) is 9.62. The fourth-order valence-electron chi connectivity index (χ4n) is 2.52. The fraction of sp³-hybridized carbons (Fsp3) is 1.00. The minimum atomic E-state index is -0.0947. The van der Waals surface area contributed by atoms with Crippen LogP contribution in [0.3, 0.4) is 0 Å². The van der Waals surface area contributed by atoms with E-state index in [2.05, 4.69) is 20.8 Å². The van der Waals surface area contributed by atoms with Crippen LogP contribution in [0.2, 0.25) is 0 Å². The molecule has 1 rings (SSSR count). The van der Waals surface area contributed by atoms with E-state index >= 15 is 0 Å². The lowest BCUT2D eigenvalue weighted by Gasteiger charge is -2.33. The number of hydrogen-bond donors (Lipinski definition) is 1. The summed E-state index contributed by atoms with van der Waals surface area (Å²) in [6, 6.07) is -0.0947. The fourth-order valence-corrected chi connectivity index (χ4v) is 2.52. The van der Waals surface area contributed by atoms with Crippen molar-refractivity contribution in [2.45, 2.75) is 51.6 Å². The first kappa shape index (κ1) is 12.1. The van der Waals surface area contributed by atoms with Gasteiger partial charge >= 0.3 is 0 Å². The average molecular weight is 195 g/mol. The molecule has 0 saturated carbocycles. The van der Waals surface area contributed by atoms with Crippen LogP contribution in [0.15, 0.2) is 0 Å². The highest BCUT2D eigenvalue weighted by molar-refractivity contribution is 6.11. The molecule has 2 N–H and O–H groups in total. The summed E-state index contributed by atoms with van der Waals surface area (Å²) < 4.78 is 5.95. The Bertz CT molecular complexity index is 188. The van der Waals surface area contributed by atoms with Crippen molar-refractivity contribution in [3.63, 3.8) is 0 Å². The van der Waals surface area contributed by atoms with Crippen LogP contribution in [-0.4, -0.2) is 26.0 Å². The SMILES string of the molecule is [B][C@@H]1O[C@@](CC)(CCCN)C(C)[C@@H]1C. The van der Waals surface area contributed by atoms with Crippen LogP contribution in [0.4, 0.5) is 0 Å². The van der Waals surface area contributed by atoms with E-state index in [9.17, 15) is 0 Å². The van der Waals surface area contributed by atoms with Crippen LogP contribution in [0.1, 0.15) is 40.0 Å². The van der Waals surface area contributed by atoms with E-state index in [1.165, 1.54) is 0 Å². The first-order chi connectivity index (χ1) is 6.57. The van der Waals surface area contributed by atoms with Crippen molar-refractivity contribution >= 4 is 7.85 Å². The number of rotatable bonds is 4. The molecule has 0 amide bonds. The second-order valence-electron chi connectivity index (χ2n) is 4.54. The molecule has 2 radical (unpaired) electrons. The molecule has 1 aliphatic heterocycles. The van der Waals surface area contributed by atoms with Crippen LogP contribution in [0.5, 0.6) is 0 Å². The lowest BCUT2D eigenvalue weighted by Crippen LogP contribution is -2.35. The van der Waals surface area contributed by atoms with Crippen LogP contribution in [0.25, 0.3) is 0 Å². The van der Waals surface area contributed by atoms with Gasteiger partial charge in [0.05, 0.1) is 5.60 Å². The molecule has 4 atom stereocenters. The number of hydrogen-bond acceptors (Lipinski definition) is 2. The lowest BCUT2D eigenvalue weighted by molar-refractivity contribution is -0.0415. The molecule has 1 saturated heterocycles. The van der Waals surface area contributed by atoms with E-state index in [4.69, 9.17) is 18.3 Å². The van der Waals surface area contributed by atoms with Crippen molar-refractivity contribution in [3.05, 3.63) is 0 Å². The van der Waals surface area contributed by atoms with Gasteiger partial charge in [-0.1, -0.05) is 20.8 Å². The highest BCUT2D eigenvalue weighted by Crippen LogP contribution is 2.44. The minimum Gasteiger partial charge on any atom is -0.381 e. The van der Waals surface area contributed by atoms with Gasteiger partial charge in [-0.25, -0.2) is 0 Å². The maximum absolute atomic E-state index is 5.95. The van der Waals surface area contributed by atoms with E-state index < -0.39 is 0 Å². The van der Waals surface area contributed by atoms with E-state index in [0.29, 0.717) is 11.8 Å². The Morgan fingerprint density at radius 3 is 2.43 bits per heavy atom. The van der Waals surface area contributed by atoms with Crippen molar-refractivity contribution in [1.29, 1.82) is 0 Å². The maximum atomic E-state index is 5.95. The van der Waals surface area contributed by atoms with Gasteiger partial charge in [-0.15, -0.1) is 0 Å². The molecule has 80 valence electrons. The molecule has 1 fully saturated rings. The van der Waals surface area contributed by atoms with E-state index in [1.54, 1.807) is 0 Å². The third-order valence-corrected chi connectivity index (χ3v) is 3.91. The van der Waals surface area contributed by atoms with Crippen LogP contribution in [-0.2, 0) is 4.74 Å². The Kier molecular flexibility index (Phi) is 4.02. The summed E-state index contributed by atoms with van der Waals surface area (Å²) in [4.78, 5) is 0. The van der Waals surface area contributed by atoms with Gasteiger partial charge in [-0.05, 0) is 37.6 Å². The topological polar surface area (TPSA) is 35.2 Å². The molecule has 0 spiro atoms. The first-order valence-electron chi connectivity index (χ1n) is 5.71. The zero-order chi connectivity index (χ0) is 10.8. The molecule has 3 heteroatoms. The zero-order valence-corrected chi connectivity index (χ0v) is 9.62. The number of nitrogens with two attached hydrogens (primary N) is 1. The van der Waals surface area contributed by atoms with Gasteiger partial charge in [0.25, 0.3) is 0 Å². The quantitative estimate of drug-likeness (QED) is 0.692. The Morgan fingerprint density at radius 1 is 1.43 bits per heavy atom. The van der Waals surface area contributed by atoms with Gasteiger partial charge in [-0.2, -0.15) is 0 Å². The Labute approximate surface area is 89.0 Å². The molecule has 0 bridgehead atoms. The summed E-state index contributed by atoms with van der Waals surface area (Å²) in [5, 5.41) is 0. The Hall–Kier alpha value is -0.0151. The van der Waals surface area contributed by atoms with Crippen LogP contribution < -0.4 is 5.73 Å². The standard InChI is InChI=1S/C11H22BNO/c1-4-11(6-5-7-13)9(3)8(2)10(12)14-11/h8-10H,4-7,13H2,1-3H3/t8-,9?,10+,11-/m0/s1. The molecule has 1 aliphatic rings. The van der Waals surface area contributed by atoms with Crippen molar-refractivity contribution in [2.75, 3.05) is 6.54 Å². The molecular formula is C11H22BNO. The Balaban J connectivity index is 2.69. The third kappa shape index (κ3) is 1.99. The van der Waals surface area contributed by atoms with Crippen LogP contribution >= 0.6 is 0 Å². The molecular weight excluding hydrogens is 173 g/mol. The minimum absolute atomic E-state index is 0.0157. The van der Waals surface area contributed by atoms with Crippen molar-refractivity contribution in [2.24, 2.45) is 17.6 Å². The predicted molar refractivity (Wildman–Crippen MR) is 60.3 cm³/mol. The first-order valence-corrected chi connectivity index (χ1v) is 5.71. The third-order valence-electron chi connectivity index (χ3n) is 3.91. The summed E-state index contributed by atoms with van der Waals surface area (Å²) in [5.74, 6) is 0.988. The number of ether oxygens (including phenoxy) is 1. The molecule has 0 aromatic carbocycles. The highest BCUT2D eigenvalue weighted by Gasteiger charge is 2.46. The van der Waals surface area contributed by atoms with Crippen LogP contribution in [0, 0.1) is 11.8 Å². The molecule has 1 unspecified atom stereocenters. The highest BCUT2D eigenvalue weighted by atomic mass is 16.5. The molecule has 0 aromatic rings. The van der Waals surface area contributed by atoms with Gasteiger partial charge in [0.1, 0.15) is 7.85 Å². The Morgan fingerprint density at radius 2 is 2.07 bits per heavy atom. The second-order valence-corrected chi connectivity index (χ2v) is 4.54. The summed E-state index contributed by atoms with van der Waals surface area (Å²) >= 11 is 0. The van der Waals surface area contributed by atoms with Gasteiger partial charge in [0.2, 0.25) is 0 Å². The van der Waals surface area contributed by atoms with Crippen molar-refractivity contribution in [1.82, 2.24) is 0 Å². The van der Waals surface area contributed by atoms with E-state index in [0.717, 1.165) is 25.8 Å². The molecule has 1 heterocycles.